The van der Waals surface area contributed by atoms with Crippen LogP contribution in [-0.4, -0.2) is 0 Å². The Morgan fingerprint density at radius 2 is 1.90 bits per heavy atom. The Morgan fingerprint density at radius 1 is 1.30 bits per heavy atom. The predicted octanol–water partition coefficient (Wildman–Crippen LogP) is 3.49. The van der Waals surface area contributed by atoms with Crippen molar-refractivity contribution in [2.45, 2.75) is 17.8 Å². The van der Waals surface area contributed by atoms with Gasteiger partial charge in [-0.2, -0.15) is 0 Å². The van der Waals surface area contributed by atoms with Crippen LogP contribution in [0.1, 0.15) is 22.0 Å². The maximum absolute atomic E-state index is 2.43. The topological polar surface area (TPSA) is 0 Å². The highest BCUT2D eigenvalue weighted by atomic mass is 127. The summed E-state index contributed by atoms with van der Waals surface area (Å²) < 4.78 is 0.624. The molecule has 0 radical (unpaired) electrons. The normalized spacial score (nSPS) is 13.1. The Morgan fingerprint density at radius 3 is 2.30 bits per heavy atom. The maximum atomic E-state index is 2.43. The van der Waals surface area contributed by atoms with E-state index in [1.165, 1.54) is 11.1 Å². The van der Waals surface area contributed by atoms with Crippen molar-refractivity contribution in [3.63, 3.8) is 0 Å². The van der Waals surface area contributed by atoms with Crippen LogP contribution in [0.25, 0.3) is 0 Å². The molecule has 0 fully saturated rings. The van der Waals surface area contributed by atoms with Gasteiger partial charge in [0, 0.05) is 3.92 Å². The second kappa shape index (κ2) is 3.37. The summed E-state index contributed by atoms with van der Waals surface area (Å²) in [6.07, 6.45) is 0. The smallest absolute Gasteiger partial charge is 0.0334 e. The van der Waals surface area contributed by atoms with Crippen molar-refractivity contribution in [2.75, 3.05) is 0 Å². The highest BCUT2D eigenvalue weighted by Gasteiger charge is 2.01. The summed E-state index contributed by atoms with van der Waals surface area (Å²) in [6, 6.07) is 8.52. The second-order valence-corrected chi connectivity index (χ2v) is 4.34. The first-order chi connectivity index (χ1) is 4.72. The van der Waals surface area contributed by atoms with Crippen molar-refractivity contribution < 1.29 is 0 Å². The summed E-state index contributed by atoms with van der Waals surface area (Å²) in [4.78, 5) is 0. The van der Waals surface area contributed by atoms with Crippen molar-refractivity contribution >= 4 is 22.6 Å². The lowest BCUT2D eigenvalue weighted by atomic mass is 10.1. The molecule has 0 heterocycles. The van der Waals surface area contributed by atoms with Gasteiger partial charge in [0.25, 0.3) is 0 Å². The fraction of sp³-hybridized carbons (Fsp3) is 0.333. The molecule has 10 heavy (non-hydrogen) atoms. The van der Waals surface area contributed by atoms with Crippen LogP contribution in [0.4, 0.5) is 0 Å². The van der Waals surface area contributed by atoms with E-state index < -0.39 is 0 Å². The fourth-order valence-electron chi connectivity index (χ4n) is 1.03. The number of alkyl halides is 1. The molecule has 0 unspecified atom stereocenters. The minimum absolute atomic E-state index is 0.624. The lowest BCUT2D eigenvalue weighted by Crippen LogP contribution is -1.86. The van der Waals surface area contributed by atoms with Crippen LogP contribution in [0.15, 0.2) is 24.3 Å². The van der Waals surface area contributed by atoms with Gasteiger partial charge in [0.15, 0.2) is 0 Å². The molecule has 54 valence electrons. The van der Waals surface area contributed by atoms with Crippen LogP contribution >= 0.6 is 22.6 Å². The summed E-state index contributed by atoms with van der Waals surface area (Å²) in [7, 11) is 0. The first-order valence-electron chi connectivity index (χ1n) is 3.41. The van der Waals surface area contributed by atoms with Gasteiger partial charge in [-0.15, -0.1) is 0 Å². The average Bonchev–Trinajstić information content (AvgIpc) is 1.88. The number of hydrogen-bond acceptors (Lipinski definition) is 0. The zero-order chi connectivity index (χ0) is 7.56. The summed E-state index contributed by atoms with van der Waals surface area (Å²) >= 11 is 2.43. The van der Waals surface area contributed by atoms with Crippen LogP contribution < -0.4 is 0 Å². The minimum atomic E-state index is 0.624. The van der Waals surface area contributed by atoms with E-state index >= 15 is 0 Å². The van der Waals surface area contributed by atoms with E-state index in [0.717, 1.165) is 0 Å². The average molecular weight is 246 g/mol. The van der Waals surface area contributed by atoms with E-state index in [-0.39, 0.29) is 0 Å². The Balaban J connectivity index is 3.03. The third-order valence-corrected chi connectivity index (χ3v) is 2.29. The van der Waals surface area contributed by atoms with Crippen molar-refractivity contribution in [3.05, 3.63) is 35.4 Å². The summed E-state index contributed by atoms with van der Waals surface area (Å²) in [6.45, 7) is 4.37. The quantitative estimate of drug-likeness (QED) is 0.525. The van der Waals surface area contributed by atoms with Gasteiger partial charge < -0.3 is 0 Å². The van der Waals surface area contributed by atoms with Crippen LogP contribution in [0.2, 0.25) is 0 Å². The van der Waals surface area contributed by atoms with Gasteiger partial charge in [-0.1, -0.05) is 46.9 Å². The molecule has 1 atom stereocenters. The number of benzene rings is 1. The van der Waals surface area contributed by atoms with Gasteiger partial charge >= 0.3 is 0 Å². The molecule has 0 spiro atoms. The van der Waals surface area contributed by atoms with Crippen LogP contribution in [0.3, 0.4) is 0 Å². The Kier molecular flexibility index (Phi) is 2.72. The molecule has 1 aromatic carbocycles. The van der Waals surface area contributed by atoms with Gasteiger partial charge in [-0.25, -0.2) is 0 Å². The number of rotatable bonds is 1. The molecule has 0 saturated carbocycles. The third-order valence-electron chi connectivity index (χ3n) is 1.62. The van der Waals surface area contributed by atoms with E-state index in [0.29, 0.717) is 3.92 Å². The second-order valence-electron chi connectivity index (χ2n) is 2.47. The van der Waals surface area contributed by atoms with E-state index in [1.807, 2.05) is 0 Å². The van der Waals surface area contributed by atoms with E-state index in [9.17, 15) is 0 Å². The largest absolute Gasteiger partial charge is 0.0777 e. The first-order valence-corrected chi connectivity index (χ1v) is 4.66. The minimum Gasteiger partial charge on any atom is -0.0777 e. The standard InChI is InChI=1S/C9H11I/c1-7-5-3-4-6-9(7)8(2)10/h3-6,8H,1-2H3/t8-/m1/s1. The predicted molar refractivity (Wildman–Crippen MR) is 53.6 cm³/mol. The fourth-order valence-corrected chi connectivity index (χ4v) is 1.73. The molecule has 0 aliphatic carbocycles. The Hall–Kier alpha value is -0.0500. The van der Waals surface area contributed by atoms with Gasteiger partial charge in [0.1, 0.15) is 0 Å². The van der Waals surface area contributed by atoms with Crippen molar-refractivity contribution in [1.29, 1.82) is 0 Å². The van der Waals surface area contributed by atoms with Crippen molar-refractivity contribution in [1.82, 2.24) is 0 Å². The summed E-state index contributed by atoms with van der Waals surface area (Å²) in [5.41, 5.74) is 2.84. The van der Waals surface area contributed by atoms with Gasteiger partial charge in [0.05, 0.1) is 0 Å². The molecule has 0 amide bonds. The monoisotopic (exact) mass is 246 g/mol. The SMILES string of the molecule is Cc1ccccc1[C@@H](C)I. The first kappa shape index (κ1) is 8.05. The zero-order valence-corrected chi connectivity index (χ0v) is 8.42. The molecule has 1 aromatic rings. The molecule has 0 aliphatic heterocycles. The van der Waals surface area contributed by atoms with Crippen LogP contribution in [0.5, 0.6) is 0 Å². The number of halogens is 1. The molecule has 0 aromatic heterocycles. The zero-order valence-electron chi connectivity index (χ0n) is 6.26. The van der Waals surface area contributed by atoms with Crippen molar-refractivity contribution in [3.8, 4) is 0 Å². The van der Waals surface area contributed by atoms with E-state index in [4.69, 9.17) is 0 Å². The van der Waals surface area contributed by atoms with Gasteiger partial charge in [0.2, 0.25) is 0 Å². The Labute approximate surface area is 75.8 Å². The molecule has 0 nitrogen and oxygen atoms in total. The molecule has 0 saturated heterocycles. The lowest BCUT2D eigenvalue weighted by Gasteiger charge is -2.05. The number of aryl methyl sites for hydroxylation is 1. The molecule has 0 aliphatic rings. The highest BCUT2D eigenvalue weighted by molar-refractivity contribution is 14.1. The molecule has 0 N–H and O–H groups in total. The molecule has 1 rings (SSSR count). The summed E-state index contributed by atoms with van der Waals surface area (Å²) in [5, 5.41) is 0. The maximum Gasteiger partial charge on any atom is 0.0334 e. The van der Waals surface area contributed by atoms with E-state index in [2.05, 4.69) is 60.7 Å². The van der Waals surface area contributed by atoms with Gasteiger partial charge in [-0.05, 0) is 25.0 Å². The van der Waals surface area contributed by atoms with Gasteiger partial charge in [-0.3, -0.25) is 0 Å². The molecule has 0 bridgehead atoms. The van der Waals surface area contributed by atoms with Crippen molar-refractivity contribution in [2.24, 2.45) is 0 Å². The van der Waals surface area contributed by atoms with Crippen LogP contribution in [-0.2, 0) is 0 Å². The molecule has 1 heteroatoms. The molecular formula is C9H11I. The lowest BCUT2D eigenvalue weighted by molar-refractivity contribution is 1.12. The number of hydrogen-bond donors (Lipinski definition) is 0. The van der Waals surface area contributed by atoms with E-state index in [1.54, 1.807) is 0 Å². The third kappa shape index (κ3) is 1.72. The summed E-state index contributed by atoms with van der Waals surface area (Å²) in [5.74, 6) is 0. The van der Waals surface area contributed by atoms with Crippen LogP contribution in [0, 0.1) is 6.92 Å². The Bertz CT molecular complexity index is 216. The highest BCUT2D eigenvalue weighted by Crippen LogP contribution is 2.24. The molecular weight excluding hydrogens is 235 g/mol.